The van der Waals surface area contributed by atoms with Crippen LogP contribution in [0.25, 0.3) is 0 Å². The molecule has 4 rings (SSSR count). The molecule has 1 aliphatic heterocycles. The Morgan fingerprint density at radius 1 is 0.933 bits per heavy atom. The number of amides is 1. The van der Waals surface area contributed by atoms with Gasteiger partial charge in [-0.2, -0.15) is 8.42 Å². The number of hydroxylamine groups is 1. The number of nitrogens with zero attached hydrogens (tertiary/aromatic N) is 2. The normalized spacial score (nSPS) is 13.9. The van der Waals surface area contributed by atoms with Crippen molar-refractivity contribution in [3.8, 4) is 0 Å². The summed E-state index contributed by atoms with van der Waals surface area (Å²) >= 11 is 0. The van der Waals surface area contributed by atoms with Crippen LogP contribution in [-0.2, 0) is 26.1 Å². The van der Waals surface area contributed by atoms with Crippen LogP contribution in [0.3, 0.4) is 0 Å². The van der Waals surface area contributed by atoms with Gasteiger partial charge in [0.05, 0.1) is 0 Å². The molecular formula is C21H18N4O4S. The highest BCUT2D eigenvalue weighted by molar-refractivity contribution is 7.90. The third-order valence-corrected chi connectivity index (χ3v) is 5.73. The molecule has 152 valence electrons. The van der Waals surface area contributed by atoms with Crippen molar-refractivity contribution in [1.82, 2.24) is 10.5 Å². The Balaban J connectivity index is 1.28. The number of hydrogen-bond donors (Lipinski definition) is 2. The summed E-state index contributed by atoms with van der Waals surface area (Å²) in [6, 6.07) is 17.8. The number of fused-ring (bicyclic) bond motifs is 1. The fraction of sp³-hybridized carbons (Fsp3) is 0.0952. The zero-order chi connectivity index (χ0) is 21.0. The highest BCUT2D eigenvalue weighted by atomic mass is 32.2. The maximum Gasteiger partial charge on any atom is 0.285 e. The molecule has 2 heterocycles. The van der Waals surface area contributed by atoms with Crippen LogP contribution in [0.15, 0.2) is 82.4 Å². The molecule has 30 heavy (non-hydrogen) atoms. The molecule has 1 aliphatic rings. The van der Waals surface area contributed by atoms with Crippen molar-refractivity contribution < 1.29 is 18.0 Å². The maximum absolute atomic E-state index is 12.1. The molecule has 8 nitrogen and oxygen atoms in total. The summed E-state index contributed by atoms with van der Waals surface area (Å²) in [5.74, 6) is -0.335. The van der Waals surface area contributed by atoms with Gasteiger partial charge in [-0.05, 0) is 53.9 Å². The topological polar surface area (TPSA) is 110 Å². The summed E-state index contributed by atoms with van der Waals surface area (Å²) in [6.07, 6.45) is 4.28. The molecule has 0 atom stereocenters. The van der Waals surface area contributed by atoms with Gasteiger partial charge in [0, 0.05) is 23.6 Å². The lowest BCUT2D eigenvalue weighted by Crippen LogP contribution is -2.29. The minimum Gasteiger partial charge on any atom is -0.324 e. The minimum atomic E-state index is -3.74. The van der Waals surface area contributed by atoms with Gasteiger partial charge in [-0.1, -0.05) is 24.3 Å². The van der Waals surface area contributed by atoms with E-state index in [0.29, 0.717) is 11.3 Å². The second-order valence-corrected chi connectivity index (χ2v) is 8.15. The van der Waals surface area contributed by atoms with Gasteiger partial charge in [-0.3, -0.25) is 14.6 Å². The number of carbonyl (C=O) groups is 1. The number of amidine groups is 1. The second-order valence-electron chi connectivity index (χ2n) is 6.58. The first-order chi connectivity index (χ1) is 14.5. The molecule has 0 saturated heterocycles. The third-order valence-electron chi connectivity index (χ3n) is 4.40. The van der Waals surface area contributed by atoms with E-state index in [2.05, 4.69) is 20.2 Å². The molecular weight excluding hydrogens is 404 g/mol. The number of hydrogen-bond acceptors (Lipinski definition) is 6. The van der Waals surface area contributed by atoms with Gasteiger partial charge in [0.1, 0.15) is 4.90 Å². The Morgan fingerprint density at radius 2 is 1.63 bits per heavy atom. The maximum atomic E-state index is 12.1. The average Bonchev–Trinajstić information content (AvgIpc) is 3.01. The lowest BCUT2D eigenvalue weighted by atomic mass is 10.1. The number of benzene rings is 2. The van der Waals surface area contributed by atoms with Crippen molar-refractivity contribution in [3.63, 3.8) is 0 Å². The van der Waals surface area contributed by atoms with Gasteiger partial charge in [0.25, 0.3) is 15.9 Å². The Bertz CT molecular complexity index is 1190. The highest BCUT2D eigenvalue weighted by Crippen LogP contribution is 2.24. The monoisotopic (exact) mass is 422 g/mol. The number of carbonyl (C=O) groups excluding carboxylic acids is 1. The van der Waals surface area contributed by atoms with Gasteiger partial charge in [0.15, 0.2) is 12.4 Å². The van der Waals surface area contributed by atoms with Crippen molar-refractivity contribution in [1.29, 1.82) is 0 Å². The van der Waals surface area contributed by atoms with E-state index in [1.807, 2.05) is 36.4 Å². The third kappa shape index (κ3) is 4.53. The molecule has 9 heteroatoms. The largest absolute Gasteiger partial charge is 0.324 e. The molecule has 0 unspecified atom stereocenters. The molecule has 0 radical (unpaired) electrons. The van der Waals surface area contributed by atoms with Crippen LogP contribution in [0.2, 0.25) is 0 Å². The smallest absolute Gasteiger partial charge is 0.285 e. The highest BCUT2D eigenvalue weighted by Gasteiger charge is 2.28. The number of anilines is 1. The molecule has 2 aromatic carbocycles. The summed E-state index contributed by atoms with van der Waals surface area (Å²) in [6.45, 7) is -0.319. The van der Waals surface area contributed by atoms with Crippen molar-refractivity contribution in [2.24, 2.45) is 4.40 Å². The van der Waals surface area contributed by atoms with E-state index in [4.69, 9.17) is 4.84 Å². The van der Waals surface area contributed by atoms with Crippen LogP contribution in [0.5, 0.6) is 0 Å². The molecule has 1 amide bonds. The summed E-state index contributed by atoms with van der Waals surface area (Å²) in [7, 11) is -3.74. The molecule has 3 aromatic rings. The first-order valence-electron chi connectivity index (χ1n) is 9.11. The molecule has 2 N–H and O–H groups in total. The van der Waals surface area contributed by atoms with Crippen LogP contribution < -0.4 is 10.8 Å². The molecule has 0 aliphatic carbocycles. The Kier molecular flexibility index (Phi) is 5.55. The van der Waals surface area contributed by atoms with Crippen molar-refractivity contribution in [2.75, 3.05) is 11.9 Å². The van der Waals surface area contributed by atoms with Crippen molar-refractivity contribution in [2.45, 2.75) is 11.3 Å². The van der Waals surface area contributed by atoms with Crippen LogP contribution in [0.1, 0.15) is 16.7 Å². The zero-order valence-corrected chi connectivity index (χ0v) is 16.6. The molecule has 0 spiro atoms. The first-order valence-corrected chi connectivity index (χ1v) is 10.6. The second kappa shape index (κ2) is 8.44. The van der Waals surface area contributed by atoms with Crippen LogP contribution in [0.4, 0.5) is 5.69 Å². The number of aromatic nitrogens is 1. The predicted molar refractivity (Wildman–Crippen MR) is 111 cm³/mol. The van der Waals surface area contributed by atoms with Gasteiger partial charge in [-0.25, -0.2) is 5.48 Å². The summed E-state index contributed by atoms with van der Waals surface area (Å²) in [5, 5.41) is 2.72. The molecule has 1 aromatic heterocycles. The van der Waals surface area contributed by atoms with Crippen LogP contribution in [-0.4, -0.2) is 31.8 Å². The molecule has 0 bridgehead atoms. The molecule has 0 saturated carbocycles. The SMILES string of the molecule is O=C(CONC1=NS(=O)(=O)c2ccccc21)Nc1ccc(Cc2ccncc2)cc1. The van der Waals surface area contributed by atoms with E-state index in [1.165, 1.54) is 6.07 Å². The van der Waals surface area contributed by atoms with Crippen molar-refractivity contribution >= 4 is 27.5 Å². The number of rotatable bonds is 6. The number of nitrogens with one attached hydrogen (secondary N) is 2. The lowest BCUT2D eigenvalue weighted by Gasteiger charge is -2.09. The number of sulfonamides is 1. The van der Waals surface area contributed by atoms with Crippen molar-refractivity contribution in [3.05, 3.63) is 89.7 Å². The average molecular weight is 422 g/mol. The van der Waals surface area contributed by atoms with Gasteiger partial charge < -0.3 is 5.32 Å². The summed E-state index contributed by atoms with van der Waals surface area (Å²) in [4.78, 5) is 21.3. The fourth-order valence-electron chi connectivity index (χ4n) is 2.99. The Hall–Kier alpha value is -3.56. The minimum absolute atomic E-state index is 0.0545. The Labute approximate surface area is 173 Å². The van der Waals surface area contributed by atoms with E-state index in [0.717, 1.165) is 17.5 Å². The van der Waals surface area contributed by atoms with E-state index in [9.17, 15) is 13.2 Å². The van der Waals surface area contributed by atoms with E-state index >= 15 is 0 Å². The standard InChI is InChI=1S/C21H18N4O4S/c26-20(14-29-24-21-18-3-1-2-4-19(18)30(27,28)25-21)23-17-7-5-15(6-8-17)13-16-9-11-22-12-10-16/h1-12H,13-14H2,(H,23,26)(H,24,25). The Morgan fingerprint density at radius 3 is 2.40 bits per heavy atom. The number of pyridine rings is 1. The fourth-order valence-corrected chi connectivity index (χ4v) is 4.16. The predicted octanol–water partition coefficient (Wildman–Crippen LogP) is 2.28. The summed E-state index contributed by atoms with van der Waals surface area (Å²) in [5.41, 5.74) is 5.75. The van der Waals surface area contributed by atoms with Gasteiger partial charge in [0.2, 0.25) is 0 Å². The quantitative estimate of drug-likeness (QED) is 0.590. The van der Waals surface area contributed by atoms with Crippen LogP contribution >= 0.6 is 0 Å². The lowest BCUT2D eigenvalue weighted by molar-refractivity contribution is -0.121. The zero-order valence-electron chi connectivity index (χ0n) is 15.8. The van der Waals surface area contributed by atoms with E-state index < -0.39 is 10.0 Å². The first kappa shape index (κ1) is 19.7. The summed E-state index contributed by atoms with van der Waals surface area (Å²) < 4.78 is 27.6. The van der Waals surface area contributed by atoms with Gasteiger partial charge >= 0.3 is 0 Å². The van der Waals surface area contributed by atoms with Gasteiger partial charge in [-0.15, -0.1) is 4.40 Å². The van der Waals surface area contributed by atoms with E-state index in [-0.39, 0.29) is 23.2 Å². The van der Waals surface area contributed by atoms with E-state index in [1.54, 1.807) is 30.6 Å². The molecule has 0 fully saturated rings. The van der Waals surface area contributed by atoms with Crippen LogP contribution in [0, 0.1) is 0 Å².